The molecule has 4 rings (SSSR count). The predicted molar refractivity (Wildman–Crippen MR) is 108 cm³/mol. The Labute approximate surface area is 158 Å². The molecule has 1 saturated heterocycles. The number of likely N-dealkylation sites (tertiary alicyclic amines) is 1. The summed E-state index contributed by atoms with van der Waals surface area (Å²) in [5.41, 5.74) is 9.81. The Morgan fingerprint density at radius 1 is 1.00 bits per heavy atom. The van der Waals surface area contributed by atoms with Crippen LogP contribution in [0.3, 0.4) is 0 Å². The predicted octanol–water partition coefficient (Wildman–Crippen LogP) is 4.11. The molecular formula is C22H21N4O. The number of aromatic nitrogens is 1. The van der Waals surface area contributed by atoms with E-state index in [0.717, 1.165) is 42.7 Å². The lowest BCUT2D eigenvalue weighted by molar-refractivity contribution is 0.0794. The monoisotopic (exact) mass is 357 g/mol. The summed E-state index contributed by atoms with van der Waals surface area (Å²) in [6.07, 6.45) is 5.02. The van der Waals surface area contributed by atoms with Crippen LogP contribution in [-0.2, 0) is 0 Å². The average molecular weight is 357 g/mol. The first-order chi connectivity index (χ1) is 13.2. The van der Waals surface area contributed by atoms with Crippen LogP contribution in [0.1, 0.15) is 23.2 Å². The number of pyridine rings is 1. The smallest absolute Gasteiger partial charge is 0.258 e. The molecule has 2 heterocycles. The first-order valence-corrected chi connectivity index (χ1v) is 9.12. The van der Waals surface area contributed by atoms with E-state index in [4.69, 9.17) is 5.73 Å². The van der Waals surface area contributed by atoms with E-state index in [1.165, 1.54) is 0 Å². The normalized spacial score (nSPS) is 13.6. The molecule has 5 heteroatoms. The maximum atomic E-state index is 13.2. The summed E-state index contributed by atoms with van der Waals surface area (Å²) in [6, 6.07) is 19.6. The summed E-state index contributed by atoms with van der Waals surface area (Å²) in [5.74, 6) is 0.144. The van der Waals surface area contributed by atoms with E-state index < -0.39 is 0 Å². The van der Waals surface area contributed by atoms with Crippen molar-refractivity contribution in [2.24, 2.45) is 0 Å². The molecule has 0 atom stereocenters. The first-order valence-electron chi connectivity index (χ1n) is 9.12. The van der Waals surface area contributed by atoms with E-state index in [1.807, 2.05) is 65.6 Å². The zero-order valence-electron chi connectivity index (χ0n) is 15.0. The van der Waals surface area contributed by atoms with Gasteiger partial charge in [-0.1, -0.05) is 48.5 Å². The second kappa shape index (κ2) is 7.50. The second-order valence-corrected chi connectivity index (χ2v) is 6.59. The summed E-state index contributed by atoms with van der Waals surface area (Å²) >= 11 is 0. The molecule has 0 unspecified atom stereocenters. The van der Waals surface area contributed by atoms with Crippen molar-refractivity contribution in [3.8, 4) is 11.1 Å². The topological polar surface area (TPSA) is 71.2 Å². The maximum Gasteiger partial charge on any atom is 0.258 e. The number of nitrogens with two attached hydrogens (primary N) is 1. The highest BCUT2D eigenvalue weighted by Gasteiger charge is 2.27. The van der Waals surface area contributed by atoms with Gasteiger partial charge in [0.25, 0.3) is 5.91 Å². The van der Waals surface area contributed by atoms with Crippen LogP contribution in [0.4, 0.5) is 17.2 Å². The zero-order valence-corrected chi connectivity index (χ0v) is 15.0. The number of hydrogen-bond donors (Lipinski definition) is 2. The van der Waals surface area contributed by atoms with Crippen LogP contribution in [0.2, 0.25) is 0 Å². The first kappa shape index (κ1) is 17.1. The molecule has 1 radical (unpaired) electrons. The Kier molecular flexibility index (Phi) is 4.75. The van der Waals surface area contributed by atoms with Gasteiger partial charge in [0, 0.05) is 24.3 Å². The number of amides is 1. The van der Waals surface area contributed by atoms with Crippen LogP contribution < -0.4 is 11.1 Å². The van der Waals surface area contributed by atoms with Crippen molar-refractivity contribution in [3.05, 3.63) is 72.4 Å². The Morgan fingerprint density at radius 2 is 1.63 bits per heavy atom. The number of hydrogen-bond acceptors (Lipinski definition) is 4. The van der Waals surface area contributed by atoms with Crippen molar-refractivity contribution in [2.45, 2.75) is 12.8 Å². The minimum atomic E-state index is -0.0681. The van der Waals surface area contributed by atoms with Crippen LogP contribution in [0.25, 0.3) is 11.1 Å². The molecule has 5 nitrogen and oxygen atoms in total. The Balaban J connectivity index is 1.86. The van der Waals surface area contributed by atoms with Crippen molar-refractivity contribution < 1.29 is 4.79 Å². The lowest BCUT2D eigenvalue weighted by Crippen LogP contribution is -2.29. The third-order valence-corrected chi connectivity index (χ3v) is 4.76. The van der Waals surface area contributed by atoms with Gasteiger partial charge in [-0.05, 0) is 30.5 Å². The standard InChI is InChI=1S/C22H21N4O/c23-21-20(22(27)26-13-7-8-14-26)19(16-9-3-1-4-10-16)18(15-24-21)25-17-11-5-2-6-12-17/h1-6,9-12,25H,7-8,13-14H2,(H2,23,24). The highest BCUT2D eigenvalue weighted by Crippen LogP contribution is 2.36. The van der Waals surface area contributed by atoms with Crippen molar-refractivity contribution in [1.82, 2.24) is 9.88 Å². The SMILES string of the molecule is Nc1n[c]c(Nc2ccccc2)c(-c2ccccc2)c1C(=O)N1CCCC1. The Morgan fingerprint density at radius 3 is 2.30 bits per heavy atom. The summed E-state index contributed by atoms with van der Waals surface area (Å²) in [4.78, 5) is 19.3. The van der Waals surface area contributed by atoms with Gasteiger partial charge in [-0.3, -0.25) is 4.79 Å². The highest BCUT2D eigenvalue weighted by molar-refractivity contribution is 6.07. The number of anilines is 3. The van der Waals surface area contributed by atoms with Gasteiger partial charge >= 0.3 is 0 Å². The van der Waals surface area contributed by atoms with Crippen LogP contribution >= 0.6 is 0 Å². The van der Waals surface area contributed by atoms with Gasteiger partial charge in [0.15, 0.2) is 0 Å². The third kappa shape index (κ3) is 3.49. The molecule has 1 aromatic heterocycles. The molecule has 27 heavy (non-hydrogen) atoms. The molecule has 2 aromatic carbocycles. The van der Waals surface area contributed by atoms with Gasteiger partial charge < -0.3 is 16.0 Å². The molecular weight excluding hydrogens is 336 g/mol. The van der Waals surface area contributed by atoms with E-state index in [0.29, 0.717) is 11.3 Å². The van der Waals surface area contributed by atoms with Crippen LogP contribution in [0.5, 0.6) is 0 Å². The summed E-state index contributed by atoms with van der Waals surface area (Å²) in [5, 5.41) is 3.34. The number of nitrogens with zero attached hydrogens (tertiary/aromatic N) is 2. The molecule has 3 aromatic rings. The van der Waals surface area contributed by atoms with Crippen molar-refractivity contribution >= 4 is 23.1 Å². The fourth-order valence-electron chi connectivity index (χ4n) is 3.43. The van der Waals surface area contributed by atoms with Gasteiger partial charge in [-0.25, -0.2) is 4.98 Å². The van der Waals surface area contributed by atoms with Crippen molar-refractivity contribution in [3.63, 3.8) is 0 Å². The van der Waals surface area contributed by atoms with Gasteiger partial charge in [0.05, 0.1) is 11.3 Å². The summed E-state index contributed by atoms with van der Waals surface area (Å²) in [7, 11) is 0. The van der Waals surface area contributed by atoms with Crippen molar-refractivity contribution in [2.75, 3.05) is 24.1 Å². The zero-order chi connectivity index (χ0) is 18.6. The minimum Gasteiger partial charge on any atom is -0.383 e. The molecule has 0 bridgehead atoms. The molecule has 1 aliphatic heterocycles. The molecule has 135 valence electrons. The number of carbonyl (C=O) groups excluding carboxylic acids is 1. The number of nitrogen functional groups attached to an aromatic ring is 1. The van der Waals surface area contributed by atoms with Gasteiger partial charge in [0.1, 0.15) is 12.0 Å². The molecule has 1 fully saturated rings. The van der Waals surface area contributed by atoms with E-state index in [2.05, 4.69) is 16.5 Å². The van der Waals surface area contributed by atoms with E-state index in [9.17, 15) is 4.79 Å². The summed E-state index contributed by atoms with van der Waals surface area (Å²) < 4.78 is 0. The van der Waals surface area contributed by atoms with Crippen LogP contribution in [0.15, 0.2) is 60.7 Å². The van der Waals surface area contributed by atoms with Gasteiger partial charge in [-0.15, -0.1) is 0 Å². The van der Waals surface area contributed by atoms with Gasteiger partial charge in [-0.2, -0.15) is 0 Å². The Bertz CT molecular complexity index is 935. The molecule has 1 aliphatic rings. The fraction of sp³-hybridized carbons (Fsp3) is 0.182. The molecule has 0 spiro atoms. The average Bonchev–Trinajstić information content (AvgIpc) is 3.25. The van der Waals surface area contributed by atoms with E-state index in [1.54, 1.807) is 0 Å². The molecule has 3 N–H and O–H groups in total. The lowest BCUT2D eigenvalue weighted by atomic mass is 9.97. The largest absolute Gasteiger partial charge is 0.383 e. The van der Waals surface area contributed by atoms with Crippen LogP contribution in [-0.4, -0.2) is 28.9 Å². The number of rotatable bonds is 4. The summed E-state index contributed by atoms with van der Waals surface area (Å²) in [6.45, 7) is 1.51. The molecule has 0 aliphatic carbocycles. The minimum absolute atomic E-state index is 0.0681. The number of carbonyl (C=O) groups is 1. The quantitative estimate of drug-likeness (QED) is 0.737. The fourth-order valence-corrected chi connectivity index (χ4v) is 3.43. The molecule has 1 amide bonds. The second-order valence-electron chi connectivity index (χ2n) is 6.59. The number of para-hydroxylation sites is 1. The maximum absolute atomic E-state index is 13.2. The molecule has 0 saturated carbocycles. The van der Waals surface area contributed by atoms with Gasteiger partial charge in [0.2, 0.25) is 0 Å². The number of nitrogens with one attached hydrogen (secondary N) is 1. The van der Waals surface area contributed by atoms with E-state index in [-0.39, 0.29) is 11.7 Å². The lowest BCUT2D eigenvalue weighted by Gasteiger charge is -2.21. The number of benzene rings is 2. The van der Waals surface area contributed by atoms with Crippen molar-refractivity contribution in [1.29, 1.82) is 0 Å². The third-order valence-electron chi connectivity index (χ3n) is 4.76. The van der Waals surface area contributed by atoms with E-state index >= 15 is 0 Å². The van der Waals surface area contributed by atoms with Crippen LogP contribution in [0, 0.1) is 6.20 Å². The Hall–Kier alpha value is -3.34. The highest BCUT2D eigenvalue weighted by atomic mass is 16.2.